The Balaban J connectivity index is 2.88. The molecule has 1 N–H and O–H groups in total. The van der Waals surface area contributed by atoms with E-state index in [4.69, 9.17) is 0 Å². The summed E-state index contributed by atoms with van der Waals surface area (Å²) in [7, 11) is 1.84. The van der Waals surface area contributed by atoms with Crippen LogP contribution in [0.2, 0.25) is 0 Å². The van der Waals surface area contributed by atoms with Gasteiger partial charge in [-0.3, -0.25) is 9.48 Å². The Morgan fingerprint density at radius 2 is 2.13 bits per heavy atom. The van der Waals surface area contributed by atoms with Crippen LogP contribution in [-0.2, 0) is 18.3 Å². The Bertz CT molecular complexity index is 340. The summed E-state index contributed by atoms with van der Waals surface area (Å²) in [6, 6.07) is 0. The SMILES string of the molecule is CCC(CC)(Cc1cnn(C)c1)C(=O)O. The maximum absolute atomic E-state index is 11.3. The molecule has 0 atom stereocenters. The first-order valence-corrected chi connectivity index (χ1v) is 5.25. The number of aliphatic carboxylic acids is 1. The lowest BCUT2D eigenvalue weighted by atomic mass is 9.77. The molecule has 4 nitrogen and oxygen atoms in total. The maximum Gasteiger partial charge on any atom is 0.309 e. The van der Waals surface area contributed by atoms with Gasteiger partial charge in [-0.25, -0.2) is 0 Å². The number of aryl methyl sites for hydroxylation is 1. The van der Waals surface area contributed by atoms with Crippen molar-refractivity contribution in [3.63, 3.8) is 0 Å². The predicted molar refractivity (Wildman–Crippen MR) is 57.6 cm³/mol. The zero-order valence-electron chi connectivity index (χ0n) is 9.53. The van der Waals surface area contributed by atoms with Crippen molar-refractivity contribution in [3.8, 4) is 0 Å². The van der Waals surface area contributed by atoms with Gasteiger partial charge in [-0.05, 0) is 24.8 Å². The Hall–Kier alpha value is -1.32. The van der Waals surface area contributed by atoms with E-state index in [-0.39, 0.29) is 0 Å². The van der Waals surface area contributed by atoms with Crippen LogP contribution in [0.5, 0.6) is 0 Å². The van der Waals surface area contributed by atoms with E-state index in [0.29, 0.717) is 19.3 Å². The number of nitrogens with zero attached hydrogens (tertiary/aromatic N) is 2. The minimum atomic E-state index is -0.712. The molecule has 15 heavy (non-hydrogen) atoms. The van der Waals surface area contributed by atoms with Crippen molar-refractivity contribution in [3.05, 3.63) is 18.0 Å². The molecule has 0 aromatic carbocycles. The molecule has 0 amide bonds. The summed E-state index contributed by atoms with van der Waals surface area (Å²) in [6.45, 7) is 3.85. The lowest BCUT2D eigenvalue weighted by Gasteiger charge is -2.25. The molecule has 0 saturated heterocycles. The van der Waals surface area contributed by atoms with Crippen LogP contribution in [0.3, 0.4) is 0 Å². The van der Waals surface area contributed by atoms with Gasteiger partial charge in [0.15, 0.2) is 0 Å². The molecule has 0 aliphatic heterocycles. The third kappa shape index (κ3) is 2.37. The molecule has 0 fully saturated rings. The molecule has 0 radical (unpaired) electrons. The van der Waals surface area contributed by atoms with Crippen molar-refractivity contribution < 1.29 is 9.90 Å². The third-order valence-electron chi connectivity index (χ3n) is 3.11. The highest BCUT2D eigenvalue weighted by atomic mass is 16.4. The van der Waals surface area contributed by atoms with E-state index in [1.54, 1.807) is 10.9 Å². The highest BCUT2D eigenvalue weighted by Crippen LogP contribution is 2.31. The molecule has 0 bridgehead atoms. The monoisotopic (exact) mass is 210 g/mol. The largest absolute Gasteiger partial charge is 0.481 e. The smallest absolute Gasteiger partial charge is 0.309 e. The second-order valence-electron chi connectivity index (χ2n) is 3.99. The van der Waals surface area contributed by atoms with Gasteiger partial charge >= 0.3 is 5.97 Å². The van der Waals surface area contributed by atoms with E-state index in [9.17, 15) is 9.90 Å². The van der Waals surface area contributed by atoms with Gasteiger partial charge in [-0.2, -0.15) is 5.10 Å². The molecular formula is C11H18N2O2. The topological polar surface area (TPSA) is 55.1 Å². The molecule has 0 saturated carbocycles. The van der Waals surface area contributed by atoms with Crippen LogP contribution < -0.4 is 0 Å². The molecular weight excluding hydrogens is 192 g/mol. The van der Waals surface area contributed by atoms with Crippen LogP contribution in [0.1, 0.15) is 32.3 Å². The average Bonchev–Trinajstić information content (AvgIpc) is 2.60. The fraction of sp³-hybridized carbons (Fsp3) is 0.636. The highest BCUT2D eigenvalue weighted by molar-refractivity contribution is 5.74. The minimum absolute atomic E-state index is 0.559. The summed E-state index contributed by atoms with van der Waals surface area (Å²) in [5, 5.41) is 13.3. The van der Waals surface area contributed by atoms with E-state index in [1.165, 1.54) is 0 Å². The van der Waals surface area contributed by atoms with Crippen LogP contribution in [-0.4, -0.2) is 20.9 Å². The van der Waals surface area contributed by atoms with Crippen LogP contribution in [0.25, 0.3) is 0 Å². The first-order chi connectivity index (χ1) is 7.04. The van der Waals surface area contributed by atoms with Crippen molar-refractivity contribution in [1.29, 1.82) is 0 Å². The van der Waals surface area contributed by atoms with Gasteiger partial charge in [0.05, 0.1) is 11.6 Å². The first kappa shape index (κ1) is 11.8. The van der Waals surface area contributed by atoms with Crippen molar-refractivity contribution in [2.45, 2.75) is 33.1 Å². The zero-order valence-corrected chi connectivity index (χ0v) is 9.53. The number of carboxylic acid groups (broad SMARTS) is 1. The lowest BCUT2D eigenvalue weighted by molar-refractivity contribution is -0.149. The maximum atomic E-state index is 11.3. The van der Waals surface area contributed by atoms with Gasteiger partial charge in [0, 0.05) is 13.2 Å². The Morgan fingerprint density at radius 3 is 2.47 bits per heavy atom. The van der Waals surface area contributed by atoms with E-state index in [2.05, 4.69) is 5.10 Å². The number of carboxylic acids is 1. The lowest BCUT2D eigenvalue weighted by Crippen LogP contribution is -2.31. The zero-order chi connectivity index (χ0) is 11.5. The van der Waals surface area contributed by atoms with Gasteiger partial charge in [0.25, 0.3) is 0 Å². The highest BCUT2D eigenvalue weighted by Gasteiger charge is 2.35. The Kier molecular flexibility index (Phi) is 3.50. The number of hydrogen-bond donors (Lipinski definition) is 1. The molecule has 1 aromatic rings. The number of rotatable bonds is 5. The normalized spacial score (nSPS) is 11.7. The van der Waals surface area contributed by atoms with Gasteiger partial charge in [0.1, 0.15) is 0 Å². The van der Waals surface area contributed by atoms with Crippen LogP contribution in [0, 0.1) is 5.41 Å². The summed E-state index contributed by atoms with van der Waals surface area (Å²) in [5.41, 5.74) is 0.354. The van der Waals surface area contributed by atoms with Gasteiger partial charge in [-0.15, -0.1) is 0 Å². The molecule has 1 heterocycles. The van der Waals surface area contributed by atoms with Crippen LogP contribution >= 0.6 is 0 Å². The Labute approximate surface area is 89.9 Å². The van der Waals surface area contributed by atoms with Crippen molar-refractivity contribution in [1.82, 2.24) is 9.78 Å². The van der Waals surface area contributed by atoms with E-state index >= 15 is 0 Å². The van der Waals surface area contributed by atoms with Gasteiger partial charge < -0.3 is 5.11 Å². The molecule has 1 rings (SSSR count). The fourth-order valence-electron chi connectivity index (χ4n) is 1.83. The predicted octanol–water partition coefficient (Wildman–Crippen LogP) is 1.85. The number of aromatic nitrogens is 2. The van der Waals surface area contributed by atoms with Gasteiger partial charge in [-0.1, -0.05) is 13.8 Å². The standard InChI is InChI=1S/C11H18N2O2/c1-4-11(5-2,10(14)15)6-9-7-12-13(3)8-9/h7-8H,4-6H2,1-3H3,(H,14,15). The molecule has 0 aliphatic rings. The second-order valence-corrected chi connectivity index (χ2v) is 3.99. The summed E-state index contributed by atoms with van der Waals surface area (Å²) in [6.07, 6.45) is 5.47. The number of carbonyl (C=O) groups is 1. The van der Waals surface area contributed by atoms with Crippen molar-refractivity contribution in [2.24, 2.45) is 12.5 Å². The molecule has 1 aromatic heterocycles. The third-order valence-corrected chi connectivity index (χ3v) is 3.11. The minimum Gasteiger partial charge on any atom is -0.481 e. The summed E-state index contributed by atoms with van der Waals surface area (Å²) >= 11 is 0. The molecule has 0 aliphatic carbocycles. The second kappa shape index (κ2) is 4.47. The fourth-order valence-corrected chi connectivity index (χ4v) is 1.83. The molecule has 4 heteroatoms. The van der Waals surface area contributed by atoms with E-state index < -0.39 is 11.4 Å². The number of hydrogen-bond acceptors (Lipinski definition) is 2. The first-order valence-electron chi connectivity index (χ1n) is 5.25. The summed E-state index contributed by atoms with van der Waals surface area (Å²) < 4.78 is 1.70. The van der Waals surface area contributed by atoms with Gasteiger partial charge in [0.2, 0.25) is 0 Å². The molecule has 84 valence electrons. The molecule has 0 spiro atoms. The summed E-state index contributed by atoms with van der Waals surface area (Å²) in [4.78, 5) is 11.3. The average molecular weight is 210 g/mol. The van der Waals surface area contributed by atoms with Crippen LogP contribution in [0.4, 0.5) is 0 Å². The van der Waals surface area contributed by atoms with Crippen LogP contribution in [0.15, 0.2) is 12.4 Å². The van der Waals surface area contributed by atoms with E-state index in [1.807, 2.05) is 27.1 Å². The molecule has 0 unspecified atom stereocenters. The van der Waals surface area contributed by atoms with Crippen molar-refractivity contribution >= 4 is 5.97 Å². The van der Waals surface area contributed by atoms with Crippen molar-refractivity contribution in [2.75, 3.05) is 0 Å². The summed E-state index contributed by atoms with van der Waals surface area (Å²) in [5.74, 6) is -0.712. The Morgan fingerprint density at radius 1 is 1.53 bits per heavy atom. The van der Waals surface area contributed by atoms with E-state index in [0.717, 1.165) is 5.56 Å². The quantitative estimate of drug-likeness (QED) is 0.807.